The highest BCUT2D eigenvalue weighted by molar-refractivity contribution is 5.77. The molecule has 1 heterocycles. The third kappa shape index (κ3) is 3.62. The molecule has 6 heteroatoms. The summed E-state index contributed by atoms with van der Waals surface area (Å²) in [6.07, 6.45) is 4.37. The maximum absolute atomic E-state index is 12.2. The first-order valence-electron chi connectivity index (χ1n) is 8.53. The molecule has 1 saturated carbocycles. The van der Waals surface area contributed by atoms with Gasteiger partial charge in [0.15, 0.2) is 0 Å². The Hall–Kier alpha value is -1.30. The largest absolute Gasteiger partial charge is 0.481 e. The Morgan fingerprint density at radius 1 is 1.04 bits per heavy atom. The monoisotopic (exact) mass is 327 g/mol. The van der Waals surface area contributed by atoms with Crippen LogP contribution >= 0.6 is 0 Å². The third-order valence-corrected chi connectivity index (χ3v) is 5.16. The molecule has 2 aliphatic rings. The molecule has 1 aliphatic carbocycles. The van der Waals surface area contributed by atoms with Crippen LogP contribution in [0.5, 0.6) is 0 Å². The molecule has 23 heavy (non-hydrogen) atoms. The summed E-state index contributed by atoms with van der Waals surface area (Å²) in [5.74, 6) is -0.937. The lowest BCUT2D eigenvalue weighted by Crippen LogP contribution is -2.55. The number of rotatable bonds is 2. The normalized spacial score (nSPS) is 28.3. The van der Waals surface area contributed by atoms with E-state index < -0.39 is 28.7 Å². The maximum Gasteiger partial charge on any atom is 0.410 e. The molecule has 2 fully saturated rings. The average molecular weight is 327 g/mol. The summed E-state index contributed by atoms with van der Waals surface area (Å²) in [6.45, 7) is 5.74. The zero-order valence-corrected chi connectivity index (χ0v) is 14.4. The molecule has 1 saturated heterocycles. The van der Waals surface area contributed by atoms with Crippen LogP contribution in [-0.2, 0) is 9.53 Å². The lowest BCUT2D eigenvalue weighted by molar-refractivity contribution is -0.170. The van der Waals surface area contributed by atoms with Gasteiger partial charge in [0.05, 0.1) is 12.0 Å². The number of hydrogen-bond acceptors (Lipinski definition) is 4. The van der Waals surface area contributed by atoms with Crippen molar-refractivity contribution in [3.8, 4) is 0 Å². The van der Waals surface area contributed by atoms with Crippen LogP contribution in [0, 0.1) is 5.41 Å². The number of amides is 1. The van der Waals surface area contributed by atoms with Gasteiger partial charge < -0.3 is 19.8 Å². The van der Waals surface area contributed by atoms with Crippen molar-refractivity contribution in [3.63, 3.8) is 0 Å². The summed E-state index contributed by atoms with van der Waals surface area (Å²) in [5.41, 5.74) is -3.13. The SMILES string of the molecule is CC(C)(C)OC(=O)N1CCC(O)(C2(C(=O)O)CCCCCC2)C1. The van der Waals surface area contributed by atoms with Gasteiger partial charge in [0.1, 0.15) is 11.2 Å². The quantitative estimate of drug-likeness (QED) is 0.762. The minimum atomic E-state index is -1.37. The number of β-amino-alcohol motifs (C(OH)–C–C–N with tert-alkyl or cyclic N) is 1. The molecule has 0 aromatic carbocycles. The fraction of sp³-hybridized carbons (Fsp3) is 0.882. The number of carboxylic acid groups (broad SMARTS) is 1. The molecule has 0 aromatic rings. The molecule has 1 unspecified atom stereocenters. The van der Waals surface area contributed by atoms with Crippen molar-refractivity contribution in [2.45, 2.75) is 76.9 Å². The summed E-state index contributed by atoms with van der Waals surface area (Å²) in [4.78, 5) is 25.7. The molecular formula is C17H29NO5. The van der Waals surface area contributed by atoms with Crippen molar-refractivity contribution in [1.82, 2.24) is 4.90 Å². The van der Waals surface area contributed by atoms with Gasteiger partial charge in [0.2, 0.25) is 0 Å². The van der Waals surface area contributed by atoms with Crippen LogP contribution < -0.4 is 0 Å². The van der Waals surface area contributed by atoms with Crippen LogP contribution in [0.1, 0.15) is 65.7 Å². The van der Waals surface area contributed by atoms with Crippen molar-refractivity contribution in [1.29, 1.82) is 0 Å². The van der Waals surface area contributed by atoms with E-state index in [0.717, 1.165) is 25.7 Å². The highest BCUT2D eigenvalue weighted by Crippen LogP contribution is 2.48. The van der Waals surface area contributed by atoms with Crippen LogP contribution in [0.25, 0.3) is 0 Å². The van der Waals surface area contributed by atoms with Gasteiger partial charge >= 0.3 is 12.1 Å². The fourth-order valence-electron chi connectivity index (χ4n) is 3.88. The molecule has 2 N–H and O–H groups in total. The zero-order chi connectivity index (χ0) is 17.3. The van der Waals surface area contributed by atoms with E-state index in [9.17, 15) is 19.8 Å². The van der Waals surface area contributed by atoms with E-state index in [1.165, 1.54) is 4.90 Å². The van der Waals surface area contributed by atoms with E-state index in [1.807, 2.05) is 0 Å². The second kappa shape index (κ2) is 6.30. The van der Waals surface area contributed by atoms with Crippen LogP contribution in [0.4, 0.5) is 4.79 Å². The number of aliphatic hydroxyl groups is 1. The topological polar surface area (TPSA) is 87.1 Å². The first-order valence-corrected chi connectivity index (χ1v) is 8.53. The average Bonchev–Trinajstić information content (AvgIpc) is 2.68. The van der Waals surface area contributed by atoms with Gasteiger partial charge in [-0.25, -0.2) is 4.79 Å². The minimum Gasteiger partial charge on any atom is -0.481 e. The molecule has 1 atom stereocenters. The number of hydrogen-bond donors (Lipinski definition) is 2. The van der Waals surface area contributed by atoms with Gasteiger partial charge in [-0.1, -0.05) is 25.7 Å². The summed E-state index contributed by atoms with van der Waals surface area (Å²) < 4.78 is 5.35. The van der Waals surface area contributed by atoms with Crippen LogP contribution in [0.2, 0.25) is 0 Å². The Bertz CT molecular complexity index is 462. The van der Waals surface area contributed by atoms with Gasteiger partial charge in [0, 0.05) is 6.54 Å². The highest BCUT2D eigenvalue weighted by Gasteiger charge is 2.58. The van der Waals surface area contributed by atoms with Gasteiger partial charge in [-0.05, 0) is 40.0 Å². The Labute approximate surface area is 137 Å². The first kappa shape index (κ1) is 18.0. The van der Waals surface area contributed by atoms with E-state index in [0.29, 0.717) is 25.8 Å². The lowest BCUT2D eigenvalue weighted by Gasteiger charge is -2.41. The van der Waals surface area contributed by atoms with E-state index >= 15 is 0 Å². The molecule has 132 valence electrons. The molecule has 0 spiro atoms. The van der Waals surface area contributed by atoms with Gasteiger partial charge in [-0.15, -0.1) is 0 Å². The summed E-state index contributed by atoms with van der Waals surface area (Å²) >= 11 is 0. The molecular weight excluding hydrogens is 298 g/mol. The van der Waals surface area contributed by atoms with Gasteiger partial charge in [-0.3, -0.25) is 4.79 Å². The first-order chi connectivity index (χ1) is 10.6. The number of aliphatic carboxylic acids is 1. The second-order valence-corrected chi connectivity index (χ2v) is 7.98. The zero-order valence-electron chi connectivity index (χ0n) is 14.4. The molecule has 1 amide bonds. The predicted octanol–water partition coefficient (Wildman–Crippen LogP) is 2.78. The molecule has 1 aliphatic heterocycles. The van der Waals surface area contributed by atoms with E-state index in [4.69, 9.17) is 4.74 Å². The second-order valence-electron chi connectivity index (χ2n) is 7.98. The number of nitrogens with zero attached hydrogens (tertiary/aromatic N) is 1. The van der Waals surface area contributed by atoms with Crippen LogP contribution in [0.15, 0.2) is 0 Å². The van der Waals surface area contributed by atoms with E-state index in [-0.39, 0.29) is 6.54 Å². The van der Waals surface area contributed by atoms with Crippen LogP contribution in [-0.4, -0.2) is 51.5 Å². The lowest BCUT2D eigenvalue weighted by atomic mass is 9.66. The van der Waals surface area contributed by atoms with E-state index in [1.54, 1.807) is 20.8 Å². The number of carbonyl (C=O) groups is 2. The molecule has 6 nitrogen and oxygen atoms in total. The van der Waals surface area contributed by atoms with Crippen molar-refractivity contribution in [2.75, 3.05) is 13.1 Å². The Morgan fingerprint density at radius 3 is 2.09 bits per heavy atom. The Balaban J connectivity index is 2.17. The third-order valence-electron chi connectivity index (χ3n) is 5.16. The predicted molar refractivity (Wildman–Crippen MR) is 85.1 cm³/mol. The molecule has 2 rings (SSSR count). The van der Waals surface area contributed by atoms with E-state index in [2.05, 4.69) is 0 Å². The van der Waals surface area contributed by atoms with Crippen LogP contribution in [0.3, 0.4) is 0 Å². The molecule has 0 radical (unpaired) electrons. The molecule has 0 bridgehead atoms. The van der Waals surface area contributed by atoms with Crippen molar-refractivity contribution >= 4 is 12.1 Å². The summed E-state index contributed by atoms with van der Waals surface area (Å²) in [7, 11) is 0. The number of likely N-dealkylation sites (tertiary alicyclic amines) is 1. The fourth-order valence-corrected chi connectivity index (χ4v) is 3.88. The minimum absolute atomic E-state index is 0.0359. The van der Waals surface area contributed by atoms with Gasteiger partial charge in [0.25, 0.3) is 0 Å². The van der Waals surface area contributed by atoms with Crippen molar-refractivity contribution in [3.05, 3.63) is 0 Å². The smallest absolute Gasteiger partial charge is 0.410 e. The molecule has 0 aromatic heterocycles. The Kier molecular flexibility index (Phi) is 4.95. The van der Waals surface area contributed by atoms with Crippen molar-refractivity contribution in [2.24, 2.45) is 5.41 Å². The number of carbonyl (C=O) groups excluding carboxylic acids is 1. The number of ether oxygens (including phenoxy) is 1. The highest BCUT2D eigenvalue weighted by atomic mass is 16.6. The van der Waals surface area contributed by atoms with Gasteiger partial charge in [-0.2, -0.15) is 0 Å². The summed E-state index contributed by atoms with van der Waals surface area (Å²) in [5, 5.41) is 21.0. The Morgan fingerprint density at radius 2 is 1.61 bits per heavy atom. The summed E-state index contributed by atoms with van der Waals surface area (Å²) in [6, 6.07) is 0. The van der Waals surface area contributed by atoms with Crippen molar-refractivity contribution < 1.29 is 24.5 Å². The standard InChI is InChI=1S/C17H29NO5/c1-15(2,3)23-14(21)18-11-10-17(22,12-18)16(13(19)20)8-6-4-5-7-9-16/h22H,4-12H2,1-3H3,(H,19,20). The number of carboxylic acids is 1. The maximum atomic E-state index is 12.2.